The van der Waals surface area contributed by atoms with Gasteiger partial charge in [0.2, 0.25) is 0 Å². The standard InChI is InChI=1S/C23H28BrFN4O4S/c1-16-5-7-18(8-6-16)34(31,32)27-26-15-17-13-20(25)19(24)14-21(17)28-9-11-29(12-10-28)22(30)33-23(2,3)4/h5-8,13-15,27H,9-12H2,1-4H3/b26-15+. The monoisotopic (exact) mass is 554 g/mol. The molecule has 0 bridgehead atoms. The van der Waals surface area contributed by atoms with Crippen LogP contribution in [0.3, 0.4) is 0 Å². The Morgan fingerprint density at radius 3 is 2.35 bits per heavy atom. The lowest BCUT2D eigenvalue weighted by Crippen LogP contribution is -2.50. The molecular formula is C23H28BrFN4O4S. The Kier molecular flexibility index (Phi) is 7.87. The number of hydrogen-bond donors (Lipinski definition) is 1. The second-order valence-electron chi connectivity index (χ2n) is 8.95. The van der Waals surface area contributed by atoms with E-state index >= 15 is 0 Å². The zero-order valence-electron chi connectivity index (χ0n) is 19.5. The van der Waals surface area contributed by atoms with Crippen LogP contribution >= 0.6 is 15.9 Å². The van der Waals surface area contributed by atoms with Crippen LogP contribution in [-0.2, 0) is 14.8 Å². The minimum atomic E-state index is -3.86. The minimum absolute atomic E-state index is 0.0794. The van der Waals surface area contributed by atoms with Gasteiger partial charge in [0.15, 0.2) is 0 Å². The van der Waals surface area contributed by atoms with Gasteiger partial charge in [-0.1, -0.05) is 17.7 Å². The zero-order chi connectivity index (χ0) is 25.1. The van der Waals surface area contributed by atoms with Gasteiger partial charge in [-0.25, -0.2) is 14.0 Å². The molecule has 0 aliphatic carbocycles. The first-order valence-electron chi connectivity index (χ1n) is 10.7. The van der Waals surface area contributed by atoms with Crippen LogP contribution in [0.15, 0.2) is 50.9 Å². The molecule has 2 aromatic rings. The lowest BCUT2D eigenvalue weighted by Gasteiger charge is -2.37. The Labute approximate surface area is 208 Å². The largest absolute Gasteiger partial charge is 0.444 e. The van der Waals surface area contributed by atoms with E-state index in [2.05, 4.69) is 25.9 Å². The number of carbonyl (C=O) groups excluding carboxylic acids is 1. The zero-order valence-corrected chi connectivity index (χ0v) is 21.9. The molecule has 0 radical (unpaired) electrons. The molecular weight excluding hydrogens is 527 g/mol. The molecule has 1 fully saturated rings. The SMILES string of the molecule is Cc1ccc(S(=O)(=O)N/N=C/c2cc(F)c(Br)cc2N2CCN(C(=O)OC(C)(C)C)CC2)cc1. The lowest BCUT2D eigenvalue weighted by atomic mass is 10.1. The maximum atomic E-state index is 14.3. The van der Waals surface area contributed by atoms with Crippen molar-refractivity contribution in [1.82, 2.24) is 9.73 Å². The Balaban J connectivity index is 1.74. The highest BCUT2D eigenvalue weighted by Gasteiger charge is 2.27. The van der Waals surface area contributed by atoms with Crippen LogP contribution in [0.1, 0.15) is 31.9 Å². The molecule has 0 spiro atoms. The maximum Gasteiger partial charge on any atom is 0.410 e. The number of nitrogens with one attached hydrogen (secondary N) is 1. The number of anilines is 1. The van der Waals surface area contributed by atoms with Crippen LogP contribution in [0.2, 0.25) is 0 Å². The summed E-state index contributed by atoms with van der Waals surface area (Å²) in [6.07, 6.45) is 0.899. The average molecular weight is 555 g/mol. The van der Waals surface area contributed by atoms with Gasteiger partial charge in [-0.2, -0.15) is 13.5 Å². The van der Waals surface area contributed by atoms with E-state index in [1.54, 1.807) is 23.1 Å². The first-order valence-corrected chi connectivity index (χ1v) is 13.0. The molecule has 3 rings (SSSR count). The Hall–Kier alpha value is -2.66. The fourth-order valence-corrected chi connectivity index (χ4v) is 4.44. The highest BCUT2D eigenvalue weighted by atomic mass is 79.9. The first kappa shape index (κ1) is 26.0. The second-order valence-corrected chi connectivity index (χ2v) is 11.5. The summed E-state index contributed by atoms with van der Waals surface area (Å²) in [5, 5.41) is 3.87. The number of benzene rings is 2. The fraction of sp³-hybridized carbons (Fsp3) is 0.391. The van der Waals surface area contributed by atoms with Gasteiger partial charge in [0.1, 0.15) is 11.4 Å². The molecule has 1 saturated heterocycles. The van der Waals surface area contributed by atoms with Gasteiger partial charge in [-0.05, 0) is 67.9 Å². The first-order chi connectivity index (χ1) is 15.9. The highest BCUT2D eigenvalue weighted by molar-refractivity contribution is 9.10. The van der Waals surface area contributed by atoms with Crippen LogP contribution in [0.25, 0.3) is 0 Å². The number of hydrogen-bond acceptors (Lipinski definition) is 6. The summed E-state index contributed by atoms with van der Waals surface area (Å²) < 4.78 is 44.9. The van der Waals surface area contributed by atoms with Crippen molar-refractivity contribution in [2.75, 3.05) is 31.1 Å². The molecule has 8 nitrogen and oxygen atoms in total. The van der Waals surface area contributed by atoms with Crippen molar-refractivity contribution in [3.05, 3.63) is 57.8 Å². The molecule has 1 aliphatic heterocycles. The van der Waals surface area contributed by atoms with E-state index in [1.807, 2.05) is 32.6 Å². The smallest absolute Gasteiger partial charge is 0.410 e. The molecule has 0 aromatic heterocycles. The summed E-state index contributed by atoms with van der Waals surface area (Å²) in [6.45, 7) is 9.15. The molecule has 2 aromatic carbocycles. The summed E-state index contributed by atoms with van der Waals surface area (Å²) in [4.78, 5) is 18.2. The number of ether oxygens (including phenoxy) is 1. The normalized spacial score (nSPS) is 15.0. The number of piperazine rings is 1. The second kappa shape index (κ2) is 10.3. The molecule has 0 saturated carbocycles. The third kappa shape index (κ3) is 6.69. The van der Waals surface area contributed by atoms with Crippen molar-refractivity contribution >= 4 is 43.9 Å². The van der Waals surface area contributed by atoms with Crippen molar-refractivity contribution in [1.29, 1.82) is 0 Å². The quantitative estimate of drug-likeness (QED) is 0.440. The van der Waals surface area contributed by atoms with Gasteiger partial charge in [-0.3, -0.25) is 0 Å². The van der Waals surface area contributed by atoms with Crippen LogP contribution in [0.4, 0.5) is 14.9 Å². The number of amides is 1. The molecule has 1 N–H and O–H groups in total. The number of sulfonamides is 1. The number of rotatable bonds is 5. The fourth-order valence-electron chi connectivity index (χ4n) is 3.32. The van der Waals surface area contributed by atoms with E-state index in [1.165, 1.54) is 24.4 Å². The van der Waals surface area contributed by atoms with Crippen molar-refractivity contribution in [3.63, 3.8) is 0 Å². The van der Waals surface area contributed by atoms with E-state index in [-0.39, 0.29) is 15.5 Å². The number of aryl methyl sites for hydroxylation is 1. The Bertz CT molecular complexity index is 1170. The molecule has 0 atom stereocenters. The van der Waals surface area contributed by atoms with Crippen LogP contribution in [-0.4, -0.2) is 57.4 Å². The molecule has 11 heteroatoms. The number of carbonyl (C=O) groups is 1. The maximum absolute atomic E-state index is 14.3. The summed E-state index contributed by atoms with van der Waals surface area (Å²) in [5.41, 5.74) is 1.42. The predicted octanol–water partition coefficient (Wildman–Crippen LogP) is 4.27. The van der Waals surface area contributed by atoms with Gasteiger partial charge in [0, 0.05) is 37.4 Å². The molecule has 1 heterocycles. The van der Waals surface area contributed by atoms with E-state index in [0.717, 1.165) is 5.56 Å². The van der Waals surface area contributed by atoms with Gasteiger partial charge >= 0.3 is 6.09 Å². The van der Waals surface area contributed by atoms with Gasteiger partial charge in [0.05, 0.1) is 15.6 Å². The lowest BCUT2D eigenvalue weighted by molar-refractivity contribution is 0.0240. The predicted molar refractivity (Wildman–Crippen MR) is 133 cm³/mol. The van der Waals surface area contributed by atoms with Gasteiger partial charge in [0.25, 0.3) is 10.0 Å². The molecule has 34 heavy (non-hydrogen) atoms. The molecule has 184 valence electrons. The van der Waals surface area contributed by atoms with Crippen molar-refractivity contribution in [3.8, 4) is 0 Å². The van der Waals surface area contributed by atoms with E-state index in [9.17, 15) is 17.6 Å². The molecule has 0 unspecified atom stereocenters. The third-order valence-corrected chi connectivity index (χ3v) is 6.90. The van der Waals surface area contributed by atoms with Crippen LogP contribution < -0.4 is 9.73 Å². The Morgan fingerprint density at radius 2 is 1.76 bits per heavy atom. The van der Waals surface area contributed by atoms with Gasteiger partial charge in [-0.15, -0.1) is 0 Å². The highest BCUT2D eigenvalue weighted by Crippen LogP contribution is 2.28. The van der Waals surface area contributed by atoms with E-state index < -0.39 is 21.4 Å². The van der Waals surface area contributed by atoms with Crippen molar-refractivity contribution in [2.45, 2.75) is 38.2 Å². The van der Waals surface area contributed by atoms with Crippen LogP contribution in [0, 0.1) is 12.7 Å². The minimum Gasteiger partial charge on any atom is -0.444 e. The van der Waals surface area contributed by atoms with Crippen molar-refractivity contribution in [2.24, 2.45) is 5.10 Å². The van der Waals surface area contributed by atoms with E-state index in [4.69, 9.17) is 4.74 Å². The number of hydrazone groups is 1. The van der Waals surface area contributed by atoms with Gasteiger partial charge < -0.3 is 14.5 Å². The summed E-state index contributed by atoms with van der Waals surface area (Å²) in [7, 11) is -3.86. The van der Waals surface area contributed by atoms with Crippen LogP contribution in [0.5, 0.6) is 0 Å². The topological polar surface area (TPSA) is 91.3 Å². The number of halogens is 2. The molecule has 1 aliphatic rings. The summed E-state index contributed by atoms with van der Waals surface area (Å²) >= 11 is 3.21. The van der Waals surface area contributed by atoms with Crippen molar-refractivity contribution < 1.29 is 22.3 Å². The molecule has 1 amide bonds. The Morgan fingerprint density at radius 1 is 1.15 bits per heavy atom. The number of nitrogens with zero attached hydrogens (tertiary/aromatic N) is 3. The summed E-state index contributed by atoms with van der Waals surface area (Å²) in [6, 6.07) is 9.26. The summed E-state index contributed by atoms with van der Waals surface area (Å²) in [5.74, 6) is -0.501. The van der Waals surface area contributed by atoms with E-state index in [0.29, 0.717) is 37.4 Å². The average Bonchev–Trinajstić information content (AvgIpc) is 2.75. The third-order valence-electron chi connectivity index (χ3n) is 5.05.